The maximum atomic E-state index is 13.0. The van der Waals surface area contributed by atoms with E-state index in [1.165, 1.54) is 23.5 Å². The zero-order valence-corrected chi connectivity index (χ0v) is 13.9. The molecule has 0 saturated heterocycles. The summed E-state index contributed by atoms with van der Waals surface area (Å²) in [5, 5.41) is 6.21. The highest BCUT2D eigenvalue weighted by molar-refractivity contribution is 7.18. The summed E-state index contributed by atoms with van der Waals surface area (Å²) in [7, 11) is 0. The van der Waals surface area contributed by atoms with Crippen molar-refractivity contribution in [1.82, 2.24) is 5.32 Å². The molecule has 0 atom stereocenters. The molecule has 120 valence electrons. The lowest BCUT2D eigenvalue weighted by Gasteiger charge is -2.04. The van der Waals surface area contributed by atoms with Crippen molar-refractivity contribution in [2.75, 3.05) is 5.32 Å². The zero-order valence-electron chi connectivity index (χ0n) is 12.3. The predicted molar refractivity (Wildman–Crippen MR) is 88.9 cm³/mol. The van der Waals surface area contributed by atoms with Crippen LogP contribution < -0.4 is 10.6 Å². The van der Waals surface area contributed by atoms with Crippen molar-refractivity contribution >= 4 is 39.8 Å². The molecule has 0 radical (unpaired) electrons. The molecule has 1 heterocycles. The van der Waals surface area contributed by atoms with Gasteiger partial charge in [-0.2, -0.15) is 0 Å². The molecular formula is C16H14ClFN2O2S. The van der Waals surface area contributed by atoms with E-state index in [0.717, 1.165) is 24.5 Å². The maximum absolute atomic E-state index is 13.0. The van der Waals surface area contributed by atoms with E-state index >= 15 is 0 Å². The summed E-state index contributed by atoms with van der Waals surface area (Å²) in [4.78, 5) is 24.9. The Morgan fingerprint density at radius 1 is 1.26 bits per heavy atom. The first kappa shape index (κ1) is 16.0. The Bertz CT molecular complexity index is 786. The quantitative estimate of drug-likeness (QED) is 0.874. The molecule has 0 aliphatic heterocycles. The van der Waals surface area contributed by atoms with Crippen LogP contribution in [0.4, 0.5) is 9.39 Å². The van der Waals surface area contributed by atoms with Crippen molar-refractivity contribution < 1.29 is 14.0 Å². The first-order chi connectivity index (χ1) is 10.9. The summed E-state index contributed by atoms with van der Waals surface area (Å²) >= 11 is 7.09. The molecule has 2 amide bonds. The summed E-state index contributed by atoms with van der Waals surface area (Å²) in [5.74, 6) is -1.06. The largest absolute Gasteiger partial charge is 0.349 e. The predicted octanol–water partition coefficient (Wildman–Crippen LogP) is 3.99. The first-order valence-corrected chi connectivity index (χ1v) is 8.31. The highest BCUT2D eigenvalue weighted by atomic mass is 35.5. The third-order valence-corrected chi connectivity index (χ3v) is 4.91. The second kappa shape index (κ2) is 6.29. The molecule has 2 aromatic rings. The van der Waals surface area contributed by atoms with Crippen molar-refractivity contribution in [2.24, 2.45) is 0 Å². The molecule has 1 saturated carbocycles. The minimum Gasteiger partial charge on any atom is -0.349 e. The highest BCUT2D eigenvalue weighted by Gasteiger charge is 2.25. The molecule has 1 fully saturated rings. The average molecular weight is 353 g/mol. The average Bonchev–Trinajstić information content (AvgIpc) is 3.20. The monoisotopic (exact) mass is 352 g/mol. The van der Waals surface area contributed by atoms with Gasteiger partial charge in [-0.15, -0.1) is 11.3 Å². The summed E-state index contributed by atoms with van der Waals surface area (Å²) in [6.07, 6.45) is 2.03. The van der Waals surface area contributed by atoms with Gasteiger partial charge in [-0.25, -0.2) is 4.39 Å². The molecule has 1 aromatic carbocycles. The van der Waals surface area contributed by atoms with E-state index in [9.17, 15) is 14.0 Å². The normalized spacial score (nSPS) is 13.7. The van der Waals surface area contributed by atoms with Crippen LogP contribution in [0.2, 0.25) is 5.02 Å². The Balaban J connectivity index is 1.74. The third kappa shape index (κ3) is 3.71. The fourth-order valence-corrected chi connectivity index (χ4v) is 3.32. The van der Waals surface area contributed by atoms with Crippen LogP contribution in [0.25, 0.3) is 0 Å². The van der Waals surface area contributed by atoms with Crippen LogP contribution in [0.15, 0.2) is 24.3 Å². The molecule has 0 bridgehead atoms. The number of halogens is 2. The smallest absolute Gasteiger partial charge is 0.261 e. The van der Waals surface area contributed by atoms with Gasteiger partial charge in [-0.3, -0.25) is 9.59 Å². The van der Waals surface area contributed by atoms with Crippen molar-refractivity contribution in [3.05, 3.63) is 51.1 Å². The van der Waals surface area contributed by atoms with Crippen LogP contribution in [0, 0.1) is 12.7 Å². The number of amides is 2. The zero-order chi connectivity index (χ0) is 16.6. The topological polar surface area (TPSA) is 58.2 Å². The van der Waals surface area contributed by atoms with Gasteiger partial charge in [-0.05, 0) is 49.6 Å². The molecule has 7 heteroatoms. The molecule has 0 unspecified atom stereocenters. The van der Waals surface area contributed by atoms with Gasteiger partial charge in [0.05, 0.1) is 20.5 Å². The van der Waals surface area contributed by atoms with Gasteiger partial charge >= 0.3 is 0 Å². The summed E-state index contributed by atoms with van der Waals surface area (Å²) in [5.41, 5.74) is 0.983. The Morgan fingerprint density at radius 3 is 2.65 bits per heavy atom. The number of aryl methyl sites for hydroxylation is 1. The van der Waals surface area contributed by atoms with Crippen molar-refractivity contribution in [3.8, 4) is 0 Å². The SMILES string of the molecule is Cc1cc(NC(=O)c2ccc(F)cc2Cl)sc1C(=O)NC1CC1. The van der Waals surface area contributed by atoms with E-state index < -0.39 is 11.7 Å². The van der Waals surface area contributed by atoms with E-state index in [2.05, 4.69) is 10.6 Å². The fourth-order valence-electron chi connectivity index (χ4n) is 2.10. The Hall–Kier alpha value is -1.92. The van der Waals surface area contributed by atoms with Crippen LogP contribution in [-0.4, -0.2) is 17.9 Å². The summed E-state index contributed by atoms with van der Waals surface area (Å²) < 4.78 is 13.0. The fraction of sp³-hybridized carbons (Fsp3) is 0.250. The van der Waals surface area contributed by atoms with Gasteiger partial charge in [0, 0.05) is 6.04 Å². The summed E-state index contributed by atoms with van der Waals surface area (Å²) in [6, 6.07) is 5.61. The van der Waals surface area contributed by atoms with Crippen LogP contribution in [0.1, 0.15) is 38.4 Å². The Morgan fingerprint density at radius 2 is 2.00 bits per heavy atom. The summed E-state index contributed by atoms with van der Waals surface area (Å²) in [6.45, 7) is 1.82. The molecule has 3 rings (SSSR count). The molecule has 23 heavy (non-hydrogen) atoms. The van der Waals surface area contributed by atoms with Crippen molar-refractivity contribution in [2.45, 2.75) is 25.8 Å². The number of anilines is 1. The second-order valence-electron chi connectivity index (χ2n) is 5.45. The van der Waals surface area contributed by atoms with Gasteiger partial charge in [0.25, 0.3) is 11.8 Å². The van der Waals surface area contributed by atoms with E-state index in [4.69, 9.17) is 11.6 Å². The van der Waals surface area contributed by atoms with Crippen LogP contribution in [0.3, 0.4) is 0 Å². The van der Waals surface area contributed by atoms with Crippen molar-refractivity contribution in [1.29, 1.82) is 0 Å². The van der Waals surface area contributed by atoms with E-state index in [-0.39, 0.29) is 22.5 Å². The van der Waals surface area contributed by atoms with Crippen LogP contribution in [-0.2, 0) is 0 Å². The highest BCUT2D eigenvalue weighted by Crippen LogP contribution is 2.29. The van der Waals surface area contributed by atoms with Crippen LogP contribution in [0.5, 0.6) is 0 Å². The number of hydrogen-bond donors (Lipinski definition) is 2. The Kier molecular flexibility index (Phi) is 4.37. The number of rotatable bonds is 4. The number of thiophene rings is 1. The molecule has 0 spiro atoms. The van der Waals surface area contributed by atoms with E-state index in [1.807, 2.05) is 6.92 Å². The maximum Gasteiger partial charge on any atom is 0.261 e. The number of benzene rings is 1. The number of carbonyl (C=O) groups excluding carboxylic acids is 2. The third-order valence-electron chi connectivity index (χ3n) is 3.45. The molecular weight excluding hydrogens is 339 g/mol. The number of nitrogens with one attached hydrogen (secondary N) is 2. The van der Waals surface area contributed by atoms with Gasteiger partial charge in [0.2, 0.25) is 0 Å². The van der Waals surface area contributed by atoms with E-state index in [1.54, 1.807) is 6.07 Å². The lowest BCUT2D eigenvalue weighted by molar-refractivity contribution is 0.0953. The minimum atomic E-state index is -0.502. The molecule has 1 aliphatic rings. The molecule has 1 aliphatic carbocycles. The van der Waals surface area contributed by atoms with Gasteiger partial charge in [0.15, 0.2) is 0 Å². The van der Waals surface area contributed by atoms with Gasteiger partial charge < -0.3 is 10.6 Å². The number of carbonyl (C=O) groups is 2. The van der Waals surface area contributed by atoms with Crippen LogP contribution >= 0.6 is 22.9 Å². The molecule has 4 nitrogen and oxygen atoms in total. The van der Waals surface area contributed by atoms with Gasteiger partial charge in [-0.1, -0.05) is 11.6 Å². The van der Waals surface area contributed by atoms with E-state index in [0.29, 0.717) is 9.88 Å². The van der Waals surface area contributed by atoms with Gasteiger partial charge in [0.1, 0.15) is 5.82 Å². The lowest BCUT2D eigenvalue weighted by atomic mass is 10.2. The lowest BCUT2D eigenvalue weighted by Crippen LogP contribution is -2.24. The van der Waals surface area contributed by atoms with Crippen molar-refractivity contribution in [3.63, 3.8) is 0 Å². The standard InChI is InChI=1S/C16H14ClFN2O2S/c1-8-6-13(23-14(8)16(22)19-10-3-4-10)20-15(21)11-5-2-9(18)7-12(11)17/h2,5-7,10H,3-4H2,1H3,(H,19,22)(H,20,21). The minimum absolute atomic E-state index is 0.0440. The Labute approximate surface area is 141 Å². The molecule has 1 aromatic heterocycles. The first-order valence-electron chi connectivity index (χ1n) is 7.12. The molecule has 2 N–H and O–H groups in total. The second-order valence-corrected chi connectivity index (χ2v) is 6.91. The number of hydrogen-bond acceptors (Lipinski definition) is 3.